The number of hydrogen-bond acceptors (Lipinski definition) is 4. The first-order chi connectivity index (χ1) is 15.4. The highest BCUT2D eigenvalue weighted by molar-refractivity contribution is 14.1. The summed E-state index contributed by atoms with van der Waals surface area (Å²) < 4.78 is 8.98. The Morgan fingerprint density at radius 2 is 1.56 bits per heavy atom. The minimum atomic E-state index is -0.238. The van der Waals surface area contributed by atoms with Crippen molar-refractivity contribution in [2.24, 2.45) is 28.8 Å². The highest BCUT2D eigenvalue weighted by atomic mass is 127. The molecule has 3 aliphatic carbocycles. The van der Waals surface area contributed by atoms with Crippen LogP contribution in [0, 0.1) is 30.8 Å². The number of fused-ring (bicyclic) bond motifs is 1. The summed E-state index contributed by atoms with van der Waals surface area (Å²) >= 11 is 7.92. The van der Waals surface area contributed by atoms with Gasteiger partial charge in [0.15, 0.2) is 0 Å². The van der Waals surface area contributed by atoms with Crippen LogP contribution < -0.4 is 4.74 Å². The summed E-state index contributed by atoms with van der Waals surface area (Å²) in [6.45, 7) is 0.475. The molecular weight excluding hydrogens is 698 g/mol. The summed E-state index contributed by atoms with van der Waals surface area (Å²) in [4.78, 5) is 25.8. The Kier molecular flexibility index (Phi) is 6.45. The van der Waals surface area contributed by atoms with Crippen LogP contribution in [0.5, 0.6) is 5.75 Å². The van der Waals surface area contributed by atoms with Crippen LogP contribution in [0.1, 0.15) is 24.0 Å². The lowest BCUT2D eigenvalue weighted by Crippen LogP contribution is -2.38. The van der Waals surface area contributed by atoms with Crippen molar-refractivity contribution in [1.82, 2.24) is 5.01 Å². The van der Waals surface area contributed by atoms with Gasteiger partial charge in [-0.15, -0.1) is 0 Å². The number of hydrogen-bond donors (Lipinski definition) is 0. The Morgan fingerprint density at radius 3 is 2.09 bits per heavy atom. The van der Waals surface area contributed by atoms with Gasteiger partial charge in [0.2, 0.25) is 0 Å². The van der Waals surface area contributed by atoms with Crippen LogP contribution in [0.25, 0.3) is 0 Å². The molecule has 2 fully saturated rings. The fraction of sp³-hybridized carbons (Fsp3) is 0.292. The van der Waals surface area contributed by atoms with Crippen molar-refractivity contribution in [3.63, 3.8) is 0 Å². The molecule has 6 rings (SSSR count). The van der Waals surface area contributed by atoms with Crippen LogP contribution in [0.15, 0.2) is 58.1 Å². The summed E-state index contributed by atoms with van der Waals surface area (Å²) in [5.74, 6) is 0.365. The molecule has 5 nitrogen and oxygen atoms in total. The van der Waals surface area contributed by atoms with Crippen molar-refractivity contribution >= 4 is 79.1 Å². The van der Waals surface area contributed by atoms with Gasteiger partial charge >= 0.3 is 0 Å². The monoisotopic (exact) mass is 716 g/mol. The van der Waals surface area contributed by atoms with E-state index in [0.29, 0.717) is 6.61 Å². The quantitative estimate of drug-likeness (QED) is 0.171. The van der Waals surface area contributed by atoms with E-state index in [1.165, 1.54) is 0 Å². The molecule has 2 aromatic rings. The highest BCUT2D eigenvalue weighted by Gasteiger charge is 2.56. The van der Waals surface area contributed by atoms with E-state index >= 15 is 0 Å². The molecule has 1 aliphatic heterocycles. The number of hydrazone groups is 1. The van der Waals surface area contributed by atoms with Gasteiger partial charge in [0.05, 0.1) is 25.2 Å². The number of imide groups is 1. The first-order valence-corrected chi connectivity index (χ1v) is 13.3. The minimum Gasteiger partial charge on any atom is -0.487 e. The fourth-order valence-electron chi connectivity index (χ4n) is 4.82. The SMILES string of the molecule is O=C1[C@H]2[C@H](C(=O)N1/N=C\c1cc(I)c(OCc3ccc(Br)cc3)c(I)c1)[C@H]1C=C[C@H]2CC1. The molecule has 0 aromatic heterocycles. The van der Waals surface area contributed by atoms with Crippen molar-refractivity contribution in [2.45, 2.75) is 19.4 Å². The smallest absolute Gasteiger partial charge is 0.254 e. The van der Waals surface area contributed by atoms with E-state index < -0.39 is 0 Å². The molecule has 0 radical (unpaired) electrons. The molecule has 2 bridgehead atoms. The number of allylic oxidation sites excluding steroid dienone is 2. The van der Waals surface area contributed by atoms with Gasteiger partial charge in [-0.3, -0.25) is 9.59 Å². The molecule has 4 atom stereocenters. The van der Waals surface area contributed by atoms with E-state index in [1.54, 1.807) is 6.21 Å². The molecule has 8 heteroatoms. The summed E-state index contributed by atoms with van der Waals surface area (Å²) in [5, 5.41) is 5.42. The van der Waals surface area contributed by atoms with E-state index in [-0.39, 0.29) is 35.5 Å². The lowest BCUT2D eigenvalue weighted by molar-refractivity contribution is -0.140. The predicted octanol–water partition coefficient (Wildman–Crippen LogP) is 5.77. The van der Waals surface area contributed by atoms with Gasteiger partial charge in [0, 0.05) is 4.47 Å². The predicted molar refractivity (Wildman–Crippen MR) is 142 cm³/mol. The maximum absolute atomic E-state index is 12.9. The molecule has 32 heavy (non-hydrogen) atoms. The van der Waals surface area contributed by atoms with Crippen molar-refractivity contribution in [1.29, 1.82) is 0 Å². The van der Waals surface area contributed by atoms with Gasteiger partial charge in [-0.25, -0.2) is 0 Å². The highest BCUT2D eigenvalue weighted by Crippen LogP contribution is 2.49. The minimum absolute atomic E-state index is 0.158. The number of benzene rings is 2. The Morgan fingerprint density at radius 1 is 1.00 bits per heavy atom. The number of rotatable bonds is 5. The zero-order valence-electron chi connectivity index (χ0n) is 16.9. The van der Waals surface area contributed by atoms with Crippen LogP contribution in [-0.2, 0) is 16.2 Å². The third-order valence-electron chi connectivity index (χ3n) is 6.38. The van der Waals surface area contributed by atoms with E-state index in [0.717, 1.165) is 46.3 Å². The number of carbonyl (C=O) groups excluding carboxylic acids is 2. The number of ether oxygens (including phenoxy) is 1. The summed E-state index contributed by atoms with van der Waals surface area (Å²) in [5.41, 5.74) is 1.91. The van der Waals surface area contributed by atoms with E-state index in [1.807, 2.05) is 36.4 Å². The average molecular weight is 717 g/mol. The van der Waals surface area contributed by atoms with Crippen LogP contribution >= 0.6 is 61.1 Å². The summed E-state index contributed by atoms with van der Waals surface area (Å²) in [7, 11) is 0. The van der Waals surface area contributed by atoms with Crippen molar-refractivity contribution in [3.8, 4) is 5.75 Å². The van der Waals surface area contributed by atoms with Crippen LogP contribution in [-0.4, -0.2) is 23.0 Å². The van der Waals surface area contributed by atoms with Crippen molar-refractivity contribution < 1.29 is 14.3 Å². The molecule has 2 aromatic carbocycles. The van der Waals surface area contributed by atoms with Crippen molar-refractivity contribution in [3.05, 3.63) is 71.3 Å². The lowest BCUT2D eigenvalue weighted by Gasteiger charge is -2.37. The lowest BCUT2D eigenvalue weighted by atomic mass is 9.63. The average Bonchev–Trinajstić information content (AvgIpc) is 3.06. The van der Waals surface area contributed by atoms with Crippen molar-refractivity contribution in [2.75, 3.05) is 0 Å². The van der Waals surface area contributed by atoms with E-state index in [2.05, 4.69) is 78.4 Å². The number of amides is 2. The molecule has 4 aliphatic rings. The Balaban J connectivity index is 1.31. The molecule has 1 heterocycles. The number of nitrogens with zero attached hydrogens (tertiary/aromatic N) is 2. The zero-order chi connectivity index (χ0) is 22.4. The van der Waals surface area contributed by atoms with Gasteiger partial charge < -0.3 is 4.74 Å². The molecule has 164 valence electrons. The maximum Gasteiger partial charge on any atom is 0.254 e. The molecule has 0 N–H and O–H groups in total. The van der Waals surface area contributed by atoms with Gasteiger partial charge in [0.1, 0.15) is 12.4 Å². The molecule has 1 saturated carbocycles. The molecule has 1 saturated heterocycles. The van der Waals surface area contributed by atoms with Crippen LogP contribution in [0.3, 0.4) is 0 Å². The molecular formula is C24H19BrI2N2O3. The van der Waals surface area contributed by atoms with E-state index in [4.69, 9.17) is 4.74 Å². The maximum atomic E-state index is 12.9. The largest absolute Gasteiger partial charge is 0.487 e. The summed E-state index contributed by atoms with van der Waals surface area (Å²) in [6, 6.07) is 11.9. The summed E-state index contributed by atoms with van der Waals surface area (Å²) in [6.07, 6.45) is 7.80. The fourth-order valence-corrected chi connectivity index (χ4v) is 7.22. The second kappa shape index (κ2) is 9.17. The van der Waals surface area contributed by atoms with Gasteiger partial charge in [-0.05, 0) is 105 Å². The number of halogens is 3. The Bertz CT molecular complexity index is 1090. The first-order valence-electron chi connectivity index (χ1n) is 10.4. The second-order valence-corrected chi connectivity index (χ2v) is 11.5. The van der Waals surface area contributed by atoms with Gasteiger partial charge in [0.25, 0.3) is 11.8 Å². The topological polar surface area (TPSA) is 59.0 Å². The number of carbonyl (C=O) groups is 2. The third kappa shape index (κ3) is 4.18. The Labute approximate surface area is 222 Å². The normalized spacial score (nSPS) is 26.3. The van der Waals surface area contributed by atoms with E-state index in [9.17, 15) is 9.59 Å². The Hall–Kier alpha value is -1.27. The second-order valence-electron chi connectivity index (χ2n) is 8.30. The molecule has 0 spiro atoms. The zero-order valence-corrected chi connectivity index (χ0v) is 22.8. The van der Waals surface area contributed by atoms with Gasteiger partial charge in [-0.2, -0.15) is 10.1 Å². The van der Waals surface area contributed by atoms with Crippen LogP contribution in [0.4, 0.5) is 0 Å². The van der Waals surface area contributed by atoms with Crippen LogP contribution in [0.2, 0.25) is 0 Å². The van der Waals surface area contributed by atoms with Gasteiger partial charge in [-0.1, -0.05) is 40.2 Å². The third-order valence-corrected chi connectivity index (χ3v) is 8.51. The molecule has 0 unspecified atom stereocenters. The standard InChI is InChI=1S/C24H19BrI2N2O3/c25-17-7-1-13(2-8-17)12-32-22-18(26)9-14(10-19(22)27)11-28-29-23(30)20-15-3-4-16(6-5-15)21(20)24(29)31/h1-4,7-11,15-16,20-21H,5-6,12H2/b28-11-/t15-,16-,20+,21+/m0/s1. The first kappa shape index (κ1) is 22.5. The molecule has 2 amide bonds.